The molecule has 124 valence electrons. The Bertz CT molecular complexity index is 482. The van der Waals surface area contributed by atoms with Crippen LogP contribution in [0.4, 0.5) is 0 Å². The van der Waals surface area contributed by atoms with Crippen molar-refractivity contribution in [2.24, 2.45) is 11.7 Å². The number of aromatic nitrogens is 3. The van der Waals surface area contributed by atoms with Gasteiger partial charge in [0, 0.05) is 26.2 Å². The topological polar surface area (TPSA) is 89.1 Å². The highest BCUT2D eigenvalue weighted by molar-refractivity contribution is 5.80. The molecule has 1 aromatic rings. The number of hydrogen-bond donors (Lipinski definition) is 2. The molecule has 0 aromatic carbocycles. The number of rotatable bonds is 6. The molecule has 3 atom stereocenters. The molecule has 0 radical (unpaired) electrons. The summed E-state index contributed by atoms with van der Waals surface area (Å²) in [5.74, 6) is 0.340. The van der Waals surface area contributed by atoms with Crippen molar-refractivity contribution in [1.82, 2.24) is 25.2 Å². The minimum absolute atomic E-state index is 0.124. The van der Waals surface area contributed by atoms with E-state index in [1.165, 1.54) is 0 Å². The summed E-state index contributed by atoms with van der Waals surface area (Å²) in [4.78, 5) is 14.9. The molecule has 0 unspecified atom stereocenters. The summed E-state index contributed by atoms with van der Waals surface area (Å²) in [6.45, 7) is 9.40. The second kappa shape index (κ2) is 7.69. The Hall–Kier alpha value is -1.47. The molecule has 1 fully saturated rings. The summed E-state index contributed by atoms with van der Waals surface area (Å²) in [5, 5.41) is 11.6. The van der Waals surface area contributed by atoms with Crippen LogP contribution in [0, 0.1) is 5.92 Å². The maximum atomic E-state index is 12.9. The maximum Gasteiger partial charge on any atom is 0.247 e. The Labute approximate surface area is 132 Å². The fourth-order valence-electron chi connectivity index (χ4n) is 2.72. The quantitative estimate of drug-likeness (QED) is 0.808. The molecule has 1 saturated heterocycles. The molecule has 7 heteroatoms. The van der Waals surface area contributed by atoms with Crippen LogP contribution in [-0.4, -0.2) is 52.0 Å². The van der Waals surface area contributed by atoms with Gasteiger partial charge in [-0.2, -0.15) is 0 Å². The van der Waals surface area contributed by atoms with Gasteiger partial charge in [-0.25, -0.2) is 4.68 Å². The molecule has 0 aliphatic carbocycles. The van der Waals surface area contributed by atoms with Gasteiger partial charge in [0.25, 0.3) is 0 Å². The molecule has 1 amide bonds. The molecule has 1 aliphatic heterocycles. The average molecular weight is 308 g/mol. The zero-order valence-electron chi connectivity index (χ0n) is 13.8. The van der Waals surface area contributed by atoms with Gasteiger partial charge in [-0.15, -0.1) is 5.10 Å². The first-order valence-corrected chi connectivity index (χ1v) is 8.25. The fraction of sp³-hybridized carbons (Fsp3) is 0.800. The van der Waals surface area contributed by atoms with Crippen LogP contribution in [0.5, 0.6) is 0 Å². The molecule has 22 heavy (non-hydrogen) atoms. The lowest BCUT2D eigenvalue weighted by atomic mass is 9.97. The Morgan fingerprint density at radius 1 is 1.36 bits per heavy atom. The van der Waals surface area contributed by atoms with Crippen LogP contribution in [-0.2, 0) is 4.79 Å². The summed E-state index contributed by atoms with van der Waals surface area (Å²) in [6, 6.07) is -0.422. The highest BCUT2D eigenvalue weighted by Crippen LogP contribution is 2.24. The largest absolute Gasteiger partial charge is 0.338 e. The maximum absolute atomic E-state index is 12.9. The van der Waals surface area contributed by atoms with Crippen LogP contribution in [0.1, 0.15) is 51.4 Å². The summed E-state index contributed by atoms with van der Waals surface area (Å²) in [7, 11) is 0. The minimum atomic E-state index is -0.298. The number of carbonyl (C=O) groups is 1. The van der Waals surface area contributed by atoms with Crippen molar-refractivity contribution in [3.63, 3.8) is 0 Å². The summed E-state index contributed by atoms with van der Waals surface area (Å²) in [6.07, 6.45) is 3.56. The lowest BCUT2D eigenvalue weighted by Crippen LogP contribution is -2.49. The van der Waals surface area contributed by atoms with Gasteiger partial charge in [0.15, 0.2) is 0 Å². The predicted molar refractivity (Wildman–Crippen MR) is 85.2 cm³/mol. The molecule has 0 spiro atoms. The van der Waals surface area contributed by atoms with Gasteiger partial charge in [-0.1, -0.05) is 32.4 Å². The normalized spacial score (nSPS) is 19.7. The number of amides is 1. The molecule has 0 bridgehead atoms. The van der Waals surface area contributed by atoms with Crippen LogP contribution in [0.3, 0.4) is 0 Å². The number of piperazine rings is 1. The average Bonchev–Trinajstić information content (AvgIpc) is 3.04. The Balaban J connectivity index is 2.21. The van der Waals surface area contributed by atoms with Crippen LogP contribution >= 0.6 is 0 Å². The van der Waals surface area contributed by atoms with Crippen LogP contribution < -0.4 is 11.1 Å². The first kappa shape index (κ1) is 16.9. The van der Waals surface area contributed by atoms with E-state index in [0.717, 1.165) is 44.7 Å². The van der Waals surface area contributed by atoms with E-state index in [2.05, 4.69) is 29.5 Å². The van der Waals surface area contributed by atoms with Gasteiger partial charge in [0.2, 0.25) is 5.91 Å². The van der Waals surface area contributed by atoms with E-state index in [-0.39, 0.29) is 23.9 Å². The van der Waals surface area contributed by atoms with Crippen LogP contribution in [0.15, 0.2) is 6.20 Å². The Morgan fingerprint density at radius 2 is 2.05 bits per heavy atom. The zero-order chi connectivity index (χ0) is 16.1. The summed E-state index contributed by atoms with van der Waals surface area (Å²) in [5.41, 5.74) is 6.77. The van der Waals surface area contributed by atoms with E-state index in [1.807, 2.05) is 18.0 Å². The van der Waals surface area contributed by atoms with E-state index >= 15 is 0 Å². The van der Waals surface area contributed by atoms with Crippen molar-refractivity contribution in [1.29, 1.82) is 0 Å². The third-order valence-electron chi connectivity index (χ3n) is 4.50. The van der Waals surface area contributed by atoms with Crippen molar-refractivity contribution >= 4 is 5.91 Å². The fourth-order valence-corrected chi connectivity index (χ4v) is 2.72. The number of carbonyl (C=O) groups excluding carboxylic acids is 1. The molecular weight excluding hydrogens is 280 g/mol. The first-order chi connectivity index (χ1) is 10.6. The highest BCUT2D eigenvalue weighted by atomic mass is 16.2. The second-order valence-corrected chi connectivity index (χ2v) is 6.04. The SMILES string of the molecule is CC[C@H](N)c1cn([C@H](C(=O)N2CCNCC2)[C@@H](C)CC)nn1. The minimum Gasteiger partial charge on any atom is -0.338 e. The first-order valence-electron chi connectivity index (χ1n) is 8.25. The van der Waals surface area contributed by atoms with E-state index in [9.17, 15) is 4.79 Å². The Morgan fingerprint density at radius 3 is 2.64 bits per heavy atom. The van der Waals surface area contributed by atoms with Gasteiger partial charge in [0.05, 0.1) is 17.9 Å². The van der Waals surface area contributed by atoms with Crippen molar-refractivity contribution in [3.8, 4) is 0 Å². The lowest BCUT2D eigenvalue weighted by molar-refractivity contribution is -0.137. The lowest BCUT2D eigenvalue weighted by Gasteiger charge is -2.32. The third-order valence-corrected chi connectivity index (χ3v) is 4.50. The molecule has 1 aromatic heterocycles. The summed E-state index contributed by atoms with van der Waals surface area (Å²) >= 11 is 0. The Kier molecular flexibility index (Phi) is 5.90. The van der Waals surface area contributed by atoms with Crippen LogP contribution in [0.2, 0.25) is 0 Å². The number of hydrogen-bond acceptors (Lipinski definition) is 5. The van der Waals surface area contributed by atoms with Crippen molar-refractivity contribution < 1.29 is 4.79 Å². The molecule has 2 heterocycles. The second-order valence-electron chi connectivity index (χ2n) is 6.04. The monoisotopic (exact) mass is 308 g/mol. The number of nitrogens with zero attached hydrogens (tertiary/aromatic N) is 4. The molecule has 1 aliphatic rings. The van der Waals surface area contributed by atoms with Crippen molar-refractivity contribution in [2.45, 2.75) is 45.7 Å². The molecule has 7 nitrogen and oxygen atoms in total. The molecular formula is C15H28N6O. The van der Waals surface area contributed by atoms with Crippen molar-refractivity contribution in [3.05, 3.63) is 11.9 Å². The van der Waals surface area contributed by atoms with E-state index in [1.54, 1.807) is 4.68 Å². The number of nitrogens with two attached hydrogens (primary N) is 1. The van der Waals surface area contributed by atoms with Crippen molar-refractivity contribution in [2.75, 3.05) is 26.2 Å². The molecule has 0 saturated carbocycles. The predicted octanol–water partition coefficient (Wildman–Crippen LogP) is 0.707. The number of nitrogens with one attached hydrogen (secondary N) is 1. The third kappa shape index (κ3) is 3.64. The highest BCUT2D eigenvalue weighted by Gasteiger charge is 2.32. The van der Waals surface area contributed by atoms with Gasteiger partial charge >= 0.3 is 0 Å². The smallest absolute Gasteiger partial charge is 0.247 e. The molecule has 3 N–H and O–H groups in total. The standard InChI is InChI=1S/C15H28N6O/c1-4-11(3)14(15(22)20-8-6-17-7-9-20)21-10-13(18-19-21)12(16)5-2/h10-12,14,17H,4-9,16H2,1-3H3/t11-,12-,14-/m0/s1. The van der Waals surface area contributed by atoms with E-state index in [0.29, 0.717) is 0 Å². The molecule has 2 rings (SSSR count). The van der Waals surface area contributed by atoms with Gasteiger partial charge in [-0.05, 0) is 12.3 Å². The van der Waals surface area contributed by atoms with Crippen LogP contribution in [0.25, 0.3) is 0 Å². The zero-order valence-corrected chi connectivity index (χ0v) is 13.8. The van der Waals surface area contributed by atoms with E-state index in [4.69, 9.17) is 5.73 Å². The van der Waals surface area contributed by atoms with Gasteiger partial charge < -0.3 is 16.0 Å². The van der Waals surface area contributed by atoms with E-state index < -0.39 is 0 Å². The van der Waals surface area contributed by atoms with Gasteiger partial charge in [0.1, 0.15) is 6.04 Å². The van der Waals surface area contributed by atoms with Gasteiger partial charge in [-0.3, -0.25) is 4.79 Å². The summed E-state index contributed by atoms with van der Waals surface area (Å²) < 4.78 is 1.71.